The van der Waals surface area contributed by atoms with Crippen molar-refractivity contribution in [2.45, 2.75) is 6.42 Å². The zero-order valence-corrected chi connectivity index (χ0v) is 18.4. The fraction of sp³-hybridized carbons (Fsp3) is 0.0323. The molecule has 0 saturated heterocycles. The second kappa shape index (κ2) is 8.48. The van der Waals surface area contributed by atoms with Gasteiger partial charge >= 0.3 is 0 Å². The maximum absolute atomic E-state index is 2.41. The van der Waals surface area contributed by atoms with Gasteiger partial charge in [-0.15, -0.1) is 0 Å². The lowest BCUT2D eigenvalue weighted by Gasteiger charge is -2.34. The summed E-state index contributed by atoms with van der Waals surface area (Å²) in [5.74, 6) is 0. The summed E-state index contributed by atoms with van der Waals surface area (Å²) in [5.41, 5.74) is 11.3. The molecule has 6 rings (SSSR count). The Hall–Kier alpha value is -4.04. The predicted molar refractivity (Wildman–Crippen MR) is 141 cm³/mol. The first kappa shape index (κ1) is 19.6. The van der Waals surface area contributed by atoms with E-state index in [-0.39, 0.29) is 0 Å². The van der Waals surface area contributed by atoms with Crippen LogP contribution in [0.15, 0.2) is 127 Å². The summed E-state index contributed by atoms with van der Waals surface area (Å²) in [6.45, 7) is 0. The van der Waals surface area contributed by atoms with Crippen molar-refractivity contribution in [2.24, 2.45) is 0 Å². The number of anilines is 3. The average molecular weight is 420 g/mol. The number of hydrogen-bond donors (Lipinski definition) is 0. The topological polar surface area (TPSA) is 3.24 Å². The number of para-hydroxylation sites is 2. The fourth-order valence-corrected chi connectivity index (χ4v) is 4.78. The van der Waals surface area contributed by atoms with Gasteiger partial charge in [-0.2, -0.15) is 0 Å². The first-order valence-corrected chi connectivity index (χ1v) is 11.4. The lowest BCUT2D eigenvalue weighted by atomic mass is 9.62. The van der Waals surface area contributed by atoms with E-state index in [0.717, 1.165) is 6.42 Å². The van der Waals surface area contributed by atoms with Crippen LogP contribution >= 0.6 is 0 Å². The van der Waals surface area contributed by atoms with Crippen molar-refractivity contribution in [3.63, 3.8) is 0 Å². The van der Waals surface area contributed by atoms with Crippen molar-refractivity contribution in [2.75, 3.05) is 4.90 Å². The standard InChI is InChI=1S/C31H23BN/c1-3-11-23(12-4-1)28-22-27(19-20-29(28)32-26-15-5-2-6-16-26)33-30-17-9-7-13-24(30)21-25-14-8-10-18-31(25)33/h1-20,22H,21H2. The van der Waals surface area contributed by atoms with Crippen molar-refractivity contribution in [3.8, 4) is 11.1 Å². The molecule has 0 bridgehead atoms. The second-order valence-corrected chi connectivity index (χ2v) is 8.46. The minimum atomic E-state index is 0.967. The van der Waals surface area contributed by atoms with Crippen LogP contribution < -0.4 is 15.8 Å². The molecule has 1 radical (unpaired) electrons. The molecule has 0 aliphatic carbocycles. The first-order chi connectivity index (χ1) is 16.4. The van der Waals surface area contributed by atoms with Gasteiger partial charge in [-0.05, 0) is 46.5 Å². The molecule has 1 nitrogen and oxygen atoms in total. The molecule has 155 valence electrons. The molecule has 0 aromatic heterocycles. The summed E-state index contributed by atoms with van der Waals surface area (Å²) in [4.78, 5) is 2.41. The third-order valence-corrected chi connectivity index (χ3v) is 6.35. The van der Waals surface area contributed by atoms with E-state index < -0.39 is 0 Å². The number of hydrogen-bond acceptors (Lipinski definition) is 1. The van der Waals surface area contributed by atoms with Crippen molar-refractivity contribution in [1.29, 1.82) is 0 Å². The van der Waals surface area contributed by atoms with Gasteiger partial charge in [-0.1, -0.05) is 114 Å². The molecule has 0 unspecified atom stereocenters. The zero-order chi connectivity index (χ0) is 22.0. The Morgan fingerprint density at radius 1 is 0.545 bits per heavy atom. The van der Waals surface area contributed by atoms with E-state index in [1.165, 1.54) is 50.2 Å². The number of nitrogens with zero attached hydrogens (tertiary/aromatic N) is 1. The minimum absolute atomic E-state index is 0.967. The number of benzene rings is 5. The van der Waals surface area contributed by atoms with Crippen LogP contribution in [0.1, 0.15) is 11.1 Å². The maximum Gasteiger partial charge on any atom is 0.192 e. The van der Waals surface area contributed by atoms with E-state index >= 15 is 0 Å². The minimum Gasteiger partial charge on any atom is -0.310 e. The maximum atomic E-state index is 2.41. The fourth-order valence-electron chi connectivity index (χ4n) is 4.78. The highest BCUT2D eigenvalue weighted by Crippen LogP contribution is 2.44. The van der Waals surface area contributed by atoms with Crippen LogP contribution in [0.5, 0.6) is 0 Å². The molecule has 33 heavy (non-hydrogen) atoms. The van der Waals surface area contributed by atoms with Gasteiger partial charge in [0, 0.05) is 23.5 Å². The third kappa shape index (κ3) is 3.74. The molecule has 1 aliphatic rings. The highest BCUT2D eigenvalue weighted by molar-refractivity contribution is 6.68. The Bertz CT molecular complexity index is 1360. The summed E-state index contributed by atoms with van der Waals surface area (Å²) >= 11 is 0. The molecular weight excluding hydrogens is 397 g/mol. The largest absolute Gasteiger partial charge is 0.310 e. The van der Waals surface area contributed by atoms with E-state index in [2.05, 4.69) is 140 Å². The molecule has 0 atom stereocenters. The Labute approximate surface area is 196 Å². The van der Waals surface area contributed by atoms with Crippen LogP contribution in [0.2, 0.25) is 0 Å². The quantitative estimate of drug-likeness (QED) is 0.299. The van der Waals surface area contributed by atoms with Crippen LogP contribution in [0, 0.1) is 0 Å². The molecule has 1 heterocycles. The van der Waals surface area contributed by atoms with Crippen molar-refractivity contribution < 1.29 is 0 Å². The molecule has 0 fully saturated rings. The SMILES string of the molecule is [B](c1ccccc1)c1ccc(N2c3ccccc3Cc3ccccc32)cc1-c1ccccc1. The molecule has 0 saturated carbocycles. The lowest BCUT2D eigenvalue weighted by Crippen LogP contribution is -2.29. The molecule has 1 aliphatic heterocycles. The monoisotopic (exact) mass is 420 g/mol. The van der Waals surface area contributed by atoms with Gasteiger partial charge in [-0.3, -0.25) is 0 Å². The third-order valence-electron chi connectivity index (χ3n) is 6.35. The van der Waals surface area contributed by atoms with Gasteiger partial charge in [0.2, 0.25) is 0 Å². The average Bonchev–Trinajstić information content (AvgIpc) is 2.89. The van der Waals surface area contributed by atoms with Gasteiger partial charge in [-0.25, -0.2) is 0 Å². The molecule has 2 heteroatoms. The molecule has 0 spiro atoms. The Balaban J connectivity index is 1.52. The Morgan fingerprint density at radius 3 is 1.79 bits per heavy atom. The Kier molecular flexibility index (Phi) is 5.05. The van der Waals surface area contributed by atoms with Crippen molar-refractivity contribution >= 4 is 35.3 Å². The van der Waals surface area contributed by atoms with E-state index in [9.17, 15) is 0 Å². The molecule has 0 N–H and O–H groups in total. The van der Waals surface area contributed by atoms with Crippen molar-refractivity contribution in [3.05, 3.63) is 139 Å². The van der Waals surface area contributed by atoms with Crippen LogP contribution in [0.25, 0.3) is 11.1 Å². The zero-order valence-electron chi connectivity index (χ0n) is 18.4. The van der Waals surface area contributed by atoms with Gasteiger partial charge in [0.05, 0.1) is 0 Å². The van der Waals surface area contributed by atoms with Gasteiger partial charge in [0.1, 0.15) is 0 Å². The van der Waals surface area contributed by atoms with Crippen LogP contribution in [0.4, 0.5) is 17.1 Å². The molecule has 5 aromatic carbocycles. The lowest BCUT2D eigenvalue weighted by molar-refractivity contribution is 1.09. The van der Waals surface area contributed by atoms with Crippen molar-refractivity contribution in [1.82, 2.24) is 0 Å². The highest BCUT2D eigenvalue weighted by Gasteiger charge is 2.24. The Morgan fingerprint density at radius 2 is 1.12 bits per heavy atom. The van der Waals surface area contributed by atoms with Gasteiger partial charge in [0.15, 0.2) is 7.28 Å². The molecular formula is C31H23BN. The summed E-state index contributed by atoms with van der Waals surface area (Å²) in [7, 11) is 2.27. The summed E-state index contributed by atoms with van der Waals surface area (Å²) in [6.07, 6.45) is 0.967. The van der Waals surface area contributed by atoms with Gasteiger partial charge in [0.25, 0.3) is 0 Å². The second-order valence-electron chi connectivity index (χ2n) is 8.46. The van der Waals surface area contributed by atoms with Crippen LogP contribution in [0.3, 0.4) is 0 Å². The molecule has 5 aromatic rings. The van der Waals surface area contributed by atoms with E-state index in [1.54, 1.807) is 0 Å². The van der Waals surface area contributed by atoms with Crippen LogP contribution in [-0.4, -0.2) is 7.28 Å². The smallest absolute Gasteiger partial charge is 0.192 e. The molecule has 0 amide bonds. The van der Waals surface area contributed by atoms with E-state index in [1.807, 2.05) is 0 Å². The number of fused-ring (bicyclic) bond motifs is 2. The van der Waals surface area contributed by atoms with Crippen LogP contribution in [-0.2, 0) is 6.42 Å². The normalized spacial score (nSPS) is 12.1. The predicted octanol–water partition coefficient (Wildman–Crippen LogP) is 6.38. The summed E-state index contributed by atoms with van der Waals surface area (Å²) in [5, 5.41) is 0. The van der Waals surface area contributed by atoms with E-state index in [0.29, 0.717) is 0 Å². The van der Waals surface area contributed by atoms with E-state index in [4.69, 9.17) is 0 Å². The van der Waals surface area contributed by atoms with Gasteiger partial charge < -0.3 is 4.90 Å². The summed E-state index contributed by atoms with van der Waals surface area (Å²) in [6, 6.07) is 45.6. The summed E-state index contributed by atoms with van der Waals surface area (Å²) < 4.78 is 0. The highest BCUT2D eigenvalue weighted by atomic mass is 15.2. The first-order valence-electron chi connectivity index (χ1n) is 11.4. The number of rotatable bonds is 4.